The first-order chi connectivity index (χ1) is 11.0. The van der Waals surface area contributed by atoms with Crippen molar-refractivity contribution in [2.24, 2.45) is 24.8 Å². The zero-order valence-electron chi connectivity index (χ0n) is 13.6. The number of aliphatic carboxylic acids is 1. The van der Waals surface area contributed by atoms with Gasteiger partial charge in [-0.15, -0.1) is 0 Å². The third kappa shape index (κ3) is 2.31. The SMILES string of the molecule is C[C@H]1CCN1c1cc(N2C[C@@H]3C(CC(=O)O)[C@@H]3C2)cn(C)c1=O. The number of hydrogen-bond acceptors (Lipinski definition) is 4. The zero-order chi connectivity index (χ0) is 16.3. The topological polar surface area (TPSA) is 65.8 Å². The van der Waals surface area contributed by atoms with Gasteiger partial charge in [0.1, 0.15) is 5.69 Å². The number of carboxylic acids is 1. The van der Waals surface area contributed by atoms with Crippen LogP contribution in [0.5, 0.6) is 0 Å². The van der Waals surface area contributed by atoms with Crippen LogP contribution in [-0.4, -0.2) is 41.3 Å². The summed E-state index contributed by atoms with van der Waals surface area (Å²) in [7, 11) is 1.81. The zero-order valence-corrected chi connectivity index (χ0v) is 13.6. The largest absolute Gasteiger partial charge is 0.481 e. The molecule has 0 spiro atoms. The van der Waals surface area contributed by atoms with E-state index < -0.39 is 5.97 Å². The molecule has 0 radical (unpaired) electrons. The fourth-order valence-electron chi connectivity index (χ4n) is 4.29. The highest BCUT2D eigenvalue weighted by Gasteiger charge is 2.56. The molecular formula is C17H23N3O3. The lowest BCUT2D eigenvalue weighted by Crippen LogP contribution is -2.48. The fourth-order valence-corrected chi connectivity index (χ4v) is 4.29. The molecule has 0 bridgehead atoms. The molecule has 3 heterocycles. The summed E-state index contributed by atoms with van der Waals surface area (Å²) in [5.41, 5.74) is 1.95. The van der Waals surface area contributed by atoms with Crippen LogP contribution < -0.4 is 15.4 Å². The molecule has 1 N–H and O–H groups in total. The van der Waals surface area contributed by atoms with Crippen LogP contribution in [0.1, 0.15) is 19.8 Å². The molecular weight excluding hydrogens is 294 g/mol. The molecule has 3 fully saturated rings. The van der Waals surface area contributed by atoms with Gasteiger partial charge < -0.3 is 19.5 Å². The molecule has 1 aromatic heterocycles. The molecule has 1 aromatic rings. The van der Waals surface area contributed by atoms with Gasteiger partial charge in [-0.2, -0.15) is 0 Å². The highest BCUT2D eigenvalue weighted by molar-refractivity contribution is 5.68. The first-order valence-electron chi connectivity index (χ1n) is 8.39. The van der Waals surface area contributed by atoms with Crippen molar-refractivity contribution >= 4 is 17.3 Å². The summed E-state index contributed by atoms with van der Waals surface area (Å²) in [5, 5.41) is 8.93. The van der Waals surface area contributed by atoms with Crippen molar-refractivity contribution in [3.8, 4) is 0 Å². The Morgan fingerprint density at radius 2 is 2.04 bits per heavy atom. The first-order valence-corrected chi connectivity index (χ1v) is 8.39. The number of anilines is 2. The quantitative estimate of drug-likeness (QED) is 0.902. The van der Waals surface area contributed by atoms with Gasteiger partial charge in [0.2, 0.25) is 0 Å². The predicted octanol–water partition coefficient (Wildman–Crippen LogP) is 1.14. The molecule has 6 heteroatoms. The summed E-state index contributed by atoms with van der Waals surface area (Å²) in [6.45, 7) is 4.93. The summed E-state index contributed by atoms with van der Waals surface area (Å²) in [5.74, 6) is 0.683. The molecule has 4 rings (SSSR count). The third-order valence-electron chi connectivity index (χ3n) is 5.93. The average molecular weight is 317 g/mol. The molecule has 124 valence electrons. The summed E-state index contributed by atoms with van der Waals surface area (Å²) < 4.78 is 1.67. The maximum absolute atomic E-state index is 12.4. The molecule has 3 aliphatic rings. The Kier molecular flexibility index (Phi) is 3.18. The second-order valence-electron chi connectivity index (χ2n) is 7.33. The van der Waals surface area contributed by atoms with Gasteiger partial charge in [-0.25, -0.2) is 0 Å². The number of carbonyl (C=O) groups is 1. The van der Waals surface area contributed by atoms with Gasteiger partial charge in [-0.05, 0) is 37.2 Å². The van der Waals surface area contributed by atoms with Gasteiger partial charge in [-0.1, -0.05) is 0 Å². The van der Waals surface area contributed by atoms with Gasteiger partial charge in [-0.3, -0.25) is 9.59 Å². The van der Waals surface area contributed by atoms with E-state index in [1.54, 1.807) is 4.57 Å². The minimum Gasteiger partial charge on any atom is -0.481 e. The minimum atomic E-state index is -0.688. The normalized spacial score (nSPS) is 31.7. The van der Waals surface area contributed by atoms with Gasteiger partial charge >= 0.3 is 5.97 Å². The summed E-state index contributed by atoms with van der Waals surface area (Å²) in [4.78, 5) is 27.7. The molecule has 1 unspecified atom stereocenters. The van der Waals surface area contributed by atoms with Crippen molar-refractivity contribution in [1.82, 2.24) is 4.57 Å². The van der Waals surface area contributed by atoms with E-state index in [1.807, 2.05) is 19.3 Å². The lowest BCUT2D eigenvalue weighted by Gasteiger charge is -2.40. The number of pyridine rings is 1. The predicted molar refractivity (Wildman–Crippen MR) is 88.0 cm³/mol. The van der Waals surface area contributed by atoms with Crippen LogP contribution in [-0.2, 0) is 11.8 Å². The number of aromatic nitrogens is 1. The Bertz CT molecular complexity index is 702. The Labute approximate surface area is 135 Å². The standard InChI is InChI=1S/C17H23N3O3/c1-10-3-4-20(10)15-5-11(7-18(2)17(15)23)19-8-13-12(6-16(21)22)14(13)9-19/h5,7,10,12-14H,3-4,6,8-9H2,1-2H3,(H,21,22)/t10-,12?,13-,14+/m0/s1. The van der Waals surface area contributed by atoms with Crippen LogP contribution in [0.4, 0.5) is 11.4 Å². The Balaban J connectivity index is 1.53. The first kappa shape index (κ1) is 14.6. The average Bonchev–Trinajstić information content (AvgIpc) is 2.93. The van der Waals surface area contributed by atoms with Gasteiger partial charge in [0.25, 0.3) is 5.56 Å². The second-order valence-corrected chi connectivity index (χ2v) is 7.33. The highest BCUT2D eigenvalue weighted by Crippen LogP contribution is 2.54. The van der Waals surface area contributed by atoms with Crippen molar-refractivity contribution in [3.63, 3.8) is 0 Å². The molecule has 1 aliphatic carbocycles. The fraction of sp³-hybridized carbons (Fsp3) is 0.647. The highest BCUT2D eigenvalue weighted by atomic mass is 16.4. The Hall–Kier alpha value is -1.98. The number of piperidine rings is 1. The summed E-state index contributed by atoms with van der Waals surface area (Å²) >= 11 is 0. The number of nitrogens with zero attached hydrogens (tertiary/aromatic N) is 3. The number of hydrogen-bond donors (Lipinski definition) is 1. The maximum Gasteiger partial charge on any atom is 0.303 e. The number of carboxylic acid groups (broad SMARTS) is 1. The van der Waals surface area contributed by atoms with E-state index in [0.717, 1.165) is 37.4 Å². The molecule has 1 saturated carbocycles. The van der Waals surface area contributed by atoms with E-state index in [9.17, 15) is 9.59 Å². The lowest BCUT2D eigenvalue weighted by molar-refractivity contribution is -0.137. The van der Waals surface area contributed by atoms with E-state index in [2.05, 4.69) is 16.7 Å². The molecule has 4 atom stereocenters. The van der Waals surface area contributed by atoms with Crippen molar-refractivity contribution in [3.05, 3.63) is 22.6 Å². The smallest absolute Gasteiger partial charge is 0.303 e. The molecule has 0 aromatic carbocycles. The molecule has 23 heavy (non-hydrogen) atoms. The number of aryl methyl sites for hydroxylation is 1. The van der Waals surface area contributed by atoms with E-state index in [0.29, 0.717) is 30.2 Å². The molecule has 6 nitrogen and oxygen atoms in total. The molecule has 0 amide bonds. The van der Waals surface area contributed by atoms with E-state index in [4.69, 9.17) is 5.11 Å². The van der Waals surface area contributed by atoms with Crippen LogP contribution in [0, 0.1) is 17.8 Å². The summed E-state index contributed by atoms with van der Waals surface area (Å²) in [6, 6.07) is 2.46. The van der Waals surface area contributed by atoms with Crippen LogP contribution >= 0.6 is 0 Å². The van der Waals surface area contributed by atoms with Crippen LogP contribution in [0.25, 0.3) is 0 Å². The minimum absolute atomic E-state index is 0.0633. The Morgan fingerprint density at radius 1 is 1.35 bits per heavy atom. The van der Waals surface area contributed by atoms with Gasteiger partial charge in [0, 0.05) is 45.3 Å². The monoisotopic (exact) mass is 317 g/mol. The second kappa shape index (κ2) is 5.01. The van der Waals surface area contributed by atoms with Crippen molar-refractivity contribution < 1.29 is 9.90 Å². The maximum atomic E-state index is 12.4. The van der Waals surface area contributed by atoms with Crippen molar-refractivity contribution in [1.29, 1.82) is 0 Å². The molecule has 2 saturated heterocycles. The summed E-state index contributed by atoms with van der Waals surface area (Å²) in [6.07, 6.45) is 3.35. The van der Waals surface area contributed by atoms with Crippen LogP contribution in [0.2, 0.25) is 0 Å². The Morgan fingerprint density at radius 3 is 2.57 bits per heavy atom. The van der Waals surface area contributed by atoms with Crippen molar-refractivity contribution in [2.75, 3.05) is 29.4 Å². The van der Waals surface area contributed by atoms with Crippen molar-refractivity contribution in [2.45, 2.75) is 25.8 Å². The number of rotatable bonds is 4. The number of fused-ring (bicyclic) bond motifs is 1. The van der Waals surface area contributed by atoms with Gasteiger partial charge in [0.05, 0.1) is 5.69 Å². The molecule has 2 aliphatic heterocycles. The lowest BCUT2D eigenvalue weighted by atomic mass is 10.0. The third-order valence-corrected chi connectivity index (χ3v) is 5.93. The van der Waals surface area contributed by atoms with Gasteiger partial charge in [0.15, 0.2) is 0 Å². The van der Waals surface area contributed by atoms with E-state index in [1.165, 1.54) is 0 Å². The van der Waals surface area contributed by atoms with Crippen LogP contribution in [0.15, 0.2) is 17.1 Å². The van der Waals surface area contributed by atoms with E-state index in [-0.39, 0.29) is 5.56 Å². The van der Waals surface area contributed by atoms with E-state index >= 15 is 0 Å². The van der Waals surface area contributed by atoms with Crippen LogP contribution in [0.3, 0.4) is 0 Å².